The van der Waals surface area contributed by atoms with Gasteiger partial charge in [0.05, 0.1) is 68.2 Å². The molecule has 0 unspecified atom stereocenters. The number of hydrogen-bond acceptors (Lipinski definition) is 8. The number of amides is 1. The number of carbonyl (C=O) groups excluding carboxylic acids is 1. The number of nitrogens with zero attached hydrogens (tertiary/aromatic N) is 8. The summed E-state index contributed by atoms with van der Waals surface area (Å²) in [5.74, 6) is 0.633. The van der Waals surface area contributed by atoms with Crippen LogP contribution in [0.15, 0.2) is 43.1 Å². The van der Waals surface area contributed by atoms with E-state index in [0.717, 1.165) is 5.69 Å². The van der Waals surface area contributed by atoms with Gasteiger partial charge in [-0.1, -0.05) is 0 Å². The maximum absolute atomic E-state index is 13.0. The van der Waals surface area contributed by atoms with Gasteiger partial charge in [-0.2, -0.15) is 5.10 Å². The Balaban J connectivity index is 1.38. The average molecular weight is 432 g/mol. The standard InChI is InChI=1S/C21H20N8O3/c1-27-8-13(22-12-27)9-28-10-14(7-23-28)29-11-18-15(21(29)30)4-5-16(24-18)17-6-19(31-2)20(32-3)26-25-17/h4-8,10,12H,9,11H2,1-3H3. The Hall–Kier alpha value is -4.28. The van der Waals surface area contributed by atoms with E-state index in [4.69, 9.17) is 9.47 Å². The van der Waals surface area contributed by atoms with E-state index in [1.54, 1.807) is 40.3 Å². The van der Waals surface area contributed by atoms with Gasteiger partial charge in [-0.25, -0.2) is 9.97 Å². The van der Waals surface area contributed by atoms with E-state index in [-0.39, 0.29) is 5.91 Å². The first-order chi connectivity index (χ1) is 15.6. The van der Waals surface area contributed by atoms with E-state index in [1.807, 2.05) is 24.0 Å². The van der Waals surface area contributed by atoms with Crippen molar-refractivity contribution >= 4 is 11.6 Å². The van der Waals surface area contributed by atoms with Crippen LogP contribution in [0.4, 0.5) is 5.69 Å². The zero-order valence-electron chi connectivity index (χ0n) is 17.8. The lowest BCUT2D eigenvalue weighted by Gasteiger charge is -2.11. The minimum Gasteiger partial charge on any atom is -0.491 e. The van der Waals surface area contributed by atoms with Gasteiger partial charge in [0, 0.05) is 25.5 Å². The summed E-state index contributed by atoms with van der Waals surface area (Å²) in [7, 11) is 4.95. The number of fused-ring (bicyclic) bond motifs is 1. The van der Waals surface area contributed by atoms with Crippen molar-refractivity contribution in [1.82, 2.24) is 34.5 Å². The first kappa shape index (κ1) is 19.7. The van der Waals surface area contributed by atoms with Gasteiger partial charge in [0.1, 0.15) is 5.69 Å². The van der Waals surface area contributed by atoms with Gasteiger partial charge >= 0.3 is 0 Å². The fourth-order valence-corrected chi connectivity index (χ4v) is 3.60. The second-order valence-corrected chi connectivity index (χ2v) is 7.32. The zero-order chi connectivity index (χ0) is 22.2. The number of imidazole rings is 1. The summed E-state index contributed by atoms with van der Waals surface area (Å²) in [4.78, 5) is 23.6. The Bertz CT molecular complexity index is 1310. The van der Waals surface area contributed by atoms with Crippen LogP contribution in [0.2, 0.25) is 0 Å². The molecule has 0 aliphatic carbocycles. The fraction of sp³-hybridized carbons (Fsp3) is 0.238. The van der Waals surface area contributed by atoms with Crippen molar-refractivity contribution in [3.8, 4) is 23.0 Å². The molecule has 11 nitrogen and oxygen atoms in total. The van der Waals surface area contributed by atoms with Crippen LogP contribution < -0.4 is 14.4 Å². The first-order valence-corrected chi connectivity index (χ1v) is 9.83. The Morgan fingerprint density at radius 3 is 2.72 bits per heavy atom. The summed E-state index contributed by atoms with van der Waals surface area (Å²) < 4.78 is 14.1. The summed E-state index contributed by atoms with van der Waals surface area (Å²) in [5.41, 5.74) is 3.94. The minimum atomic E-state index is -0.116. The Labute approximate surface area is 183 Å². The van der Waals surface area contributed by atoms with Crippen LogP contribution in [0.3, 0.4) is 0 Å². The van der Waals surface area contributed by atoms with E-state index in [9.17, 15) is 4.79 Å². The normalized spacial score (nSPS) is 12.8. The number of ether oxygens (including phenoxy) is 2. The van der Waals surface area contributed by atoms with Gasteiger partial charge in [-0.3, -0.25) is 14.4 Å². The van der Waals surface area contributed by atoms with E-state index < -0.39 is 0 Å². The monoisotopic (exact) mass is 432 g/mol. The molecule has 0 bridgehead atoms. The molecular formula is C21H20N8O3. The van der Waals surface area contributed by atoms with Crippen molar-refractivity contribution in [2.45, 2.75) is 13.1 Å². The molecule has 5 heterocycles. The zero-order valence-corrected chi connectivity index (χ0v) is 17.8. The number of aryl methyl sites for hydroxylation is 1. The van der Waals surface area contributed by atoms with Crippen molar-refractivity contribution in [3.63, 3.8) is 0 Å². The molecule has 11 heteroatoms. The van der Waals surface area contributed by atoms with Crippen molar-refractivity contribution < 1.29 is 14.3 Å². The molecule has 0 spiro atoms. The quantitative estimate of drug-likeness (QED) is 0.452. The van der Waals surface area contributed by atoms with Gasteiger partial charge in [0.2, 0.25) is 0 Å². The lowest BCUT2D eigenvalue weighted by atomic mass is 10.1. The average Bonchev–Trinajstić information content (AvgIpc) is 3.52. The molecule has 0 fully saturated rings. The van der Waals surface area contributed by atoms with Crippen LogP contribution in [0, 0.1) is 0 Å². The number of hydrogen-bond donors (Lipinski definition) is 0. The summed E-state index contributed by atoms with van der Waals surface area (Å²) in [5, 5.41) is 12.6. The van der Waals surface area contributed by atoms with Crippen LogP contribution in [-0.4, -0.2) is 54.6 Å². The molecule has 0 atom stereocenters. The molecule has 0 radical (unpaired) electrons. The highest BCUT2D eigenvalue weighted by molar-refractivity contribution is 6.09. The maximum Gasteiger partial charge on any atom is 0.276 e. The van der Waals surface area contributed by atoms with Gasteiger partial charge in [-0.05, 0) is 12.1 Å². The van der Waals surface area contributed by atoms with Gasteiger partial charge < -0.3 is 14.0 Å². The summed E-state index contributed by atoms with van der Waals surface area (Å²) in [6, 6.07) is 5.22. The topological polar surface area (TPSA) is 113 Å². The molecule has 1 aliphatic rings. The number of methoxy groups -OCH3 is 2. The van der Waals surface area contributed by atoms with E-state index in [1.165, 1.54) is 14.2 Å². The summed E-state index contributed by atoms with van der Waals surface area (Å²) >= 11 is 0. The number of pyridine rings is 1. The Morgan fingerprint density at radius 2 is 1.97 bits per heavy atom. The molecular weight excluding hydrogens is 412 g/mol. The SMILES string of the molecule is COc1cc(-c2ccc3c(n2)CN(c2cnn(Cc4cn(C)cn4)c2)C3=O)nnc1OC. The predicted molar refractivity (Wildman–Crippen MR) is 113 cm³/mol. The number of anilines is 1. The van der Waals surface area contributed by atoms with Crippen LogP contribution in [-0.2, 0) is 20.1 Å². The Morgan fingerprint density at radius 1 is 1.09 bits per heavy atom. The third-order valence-corrected chi connectivity index (χ3v) is 5.17. The minimum absolute atomic E-state index is 0.116. The summed E-state index contributed by atoms with van der Waals surface area (Å²) in [6.45, 7) is 0.869. The van der Waals surface area contributed by atoms with Crippen LogP contribution in [0.25, 0.3) is 11.4 Å². The number of rotatable bonds is 6. The second kappa shape index (κ2) is 7.76. The molecule has 1 aliphatic heterocycles. The molecule has 0 saturated heterocycles. The highest BCUT2D eigenvalue weighted by atomic mass is 16.5. The van der Waals surface area contributed by atoms with E-state index in [0.29, 0.717) is 53.1 Å². The molecule has 4 aromatic rings. The molecule has 32 heavy (non-hydrogen) atoms. The van der Waals surface area contributed by atoms with Crippen LogP contribution in [0.5, 0.6) is 11.6 Å². The van der Waals surface area contributed by atoms with Crippen LogP contribution in [0.1, 0.15) is 21.7 Å². The molecule has 4 aromatic heterocycles. The van der Waals surface area contributed by atoms with Crippen molar-refractivity contribution in [2.24, 2.45) is 7.05 Å². The Kier molecular flexibility index (Phi) is 4.77. The van der Waals surface area contributed by atoms with Gasteiger partial charge in [-0.15, -0.1) is 10.2 Å². The number of aromatic nitrogens is 7. The predicted octanol–water partition coefficient (Wildman–Crippen LogP) is 1.69. The van der Waals surface area contributed by atoms with E-state index in [2.05, 4.69) is 25.3 Å². The fourth-order valence-electron chi connectivity index (χ4n) is 3.60. The third-order valence-electron chi connectivity index (χ3n) is 5.17. The number of carbonyl (C=O) groups is 1. The third kappa shape index (κ3) is 3.43. The van der Waals surface area contributed by atoms with Crippen molar-refractivity contribution in [3.05, 3.63) is 60.1 Å². The summed E-state index contributed by atoms with van der Waals surface area (Å²) in [6.07, 6.45) is 7.18. The lowest BCUT2D eigenvalue weighted by Crippen LogP contribution is -2.22. The second-order valence-electron chi connectivity index (χ2n) is 7.32. The van der Waals surface area contributed by atoms with E-state index >= 15 is 0 Å². The van der Waals surface area contributed by atoms with Crippen LogP contribution >= 0.6 is 0 Å². The maximum atomic E-state index is 13.0. The molecule has 0 aromatic carbocycles. The molecule has 1 amide bonds. The molecule has 5 rings (SSSR count). The first-order valence-electron chi connectivity index (χ1n) is 9.83. The van der Waals surface area contributed by atoms with Crippen molar-refractivity contribution in [2.75, 3.05) is 19.1 Å². The smallest absolute Gasteiger partial charge is 0.276 e. The lowest BCUT2D eigenvalue weighted by molar-refractivity contribution is 0.0996. The molecule has 0 saturated carbocycles. The van der Waals surface area contributed by atoms with Gasteiger partial charge in [0.15, 0.2) is 5.75 Å². The highest BCUT2D eigenvalue weighted by Gasteiger charge is 2.31. The van der Waals surface area contributed by atoms with Crippen molar-refractivity contribution in [1.29, 1.82) is 0 Å². The highest BCUT2D eigenvalue weighted by Crippen LogP contribution is 2.31. The van der Waals surface area contributed by atoms with Gasteiger partial charge in [0.25, 0.3) is 11.8 Å². The molecule has 0 N–H and O–H groups in total. The largest absolute Gasteiger partial charge is 0.491 e. The molecule has 162 valence electrons.